The lowest BCUT2D eigenvalue weighted by molar-refractivity contribution is 0.103. The van der Waals surface area contributed by atoms with Gasteiger partial charge in [-0.25, -0.2) is 0 Å². The molecule has 1 aliphatic carbocycles. The smallest absolute Gasteiger partial charge is 0.196 e. The Bertz CT molecular complexity index is 856. The summed E-state index contributed by atoms with van der Waals surface area (Å²) in [4.78, 5) is 15.6. The van der Waals surface area contributed by atoms with Crippen LogP contribution in [0.3, 0.4) is 0 Å². The van der Waals surface area contributed by atoms with E-state index in [0.29, 0.717) is 21.2 Å². The van der Waals surface area contributed by atoms with E-state index in [9.17, 15) is 10.1 Å². The van der Waals surface area contributed by atoms with Crippen LogP contribution < -0.4 is 0 Å². The summed E-state index contributed by atoms with van der Waals surface area (Å²) in [5, 5.41) is 9.19. The summed E-state index contributed by atoms with van der Waals surface area (Å²) in [6.07, 6.45) is 8.95. The van der Waals surface area contributed by atoms with Crippen LogP contribution in [-0.2, 0) is 6.42 Å². The minimum Gasteiger partial charge on any atom is -0.367 e. The molecule has 1 heterocycles. The zero-order valence-corrected chi connectivity index (χ0v) is 12.0. The van der Waals surface area contributed by atoms with Gasteiger partial charge in [-0.05, 0) is 42.2 Å². The van der Waals surface area contributed by atoms with Gasteiger partial charge in [0.25, 0.3) is 0 Å². The molecule has 1 N–H and O–H groups in total. The number of hydrogen-bond acceptors (Lipinski definition) is 3. The number of carbonyl (C=O) groups excluding carboxylic acids is 1. The van der Waals surface area contributed by atoms with Gasteiger partial charge in [0.05, 0.1) is 21.7 Å². The predicted octanol–water partition coefficient (Wildman–Crippen LogP) is 3.81. The number of allylic oxidation sites excluding steroid dienone is 1. The van der Waals surface area contributed by atoms with Crippen LogP contribution in [0, 0.1) is 15.8 Å². The summed E-state index contributed by atoms with van der Waals surface area (Å²) in [5.74, 6) is -0.0899. The highest BCUT2D eigenvalue weighted by Gasteiger charge is 2.20. The number of nitrogens with zero attached hydrogens (tertiary/aromatic N) is 1. The summed E-state index contributed by atoms with van der Waals surface area (Å²) in [6, 6.07) is 7.33. The maximum absolute atomic E-state index is 12.7. The molecule has 21 heavy (non-hydrogen) atoms. The van der Waals surface area contributed by atoms with Crippen LogP contribution >= 0.6 is 12.2 Å². The molecular weight excluding hydrogens is 280 g/mol. The molecule has 0 amide bonds. The number of H-pyrrole nitrogens is 1. The van der Waals surface area contributed by atoms with Crippen LogP contribution in [0.4, 0.5) is 0 Å². The van der Waals surface area contributed by atoms with E-state index in [1.165, 1.54) is 0 Å². The molecular formula is C17H12N2OS. The van der Waals surface area contributed by atoms with Crippen LogP contribution in [0.2, 0.25) is 0 Å². The first kappa shape index (κ1) is 13.5. The second-order valence-electron chi connectivity index (χ2n) is 4.86. The van der Waals surface area contributed by atoms with Crippen molar-refractivity contribution in [2.45, 2.75) is 12.8 Å². The van der Waals surface area contributed by atoms with Crippen molar-refractivity contribution in [2.24, 2.45) is 0 Å². The van der Waals surface area contributed by atoms with E-state index < -0.39 is 0 Å². The average molecular weight is 292 g/mol. The van der Waals surface area contributed by atoms with E-state index in [4.69, 9.17) is 12.2 Å². The van der Waals surface area contributed by atoms with Gasteiger partial charge in [0.15, 0.2) is 5.78 Å². The fourth-order valence-corrected chi connectivity index (χ4v) is 2.82. The van der Waals surface area contributed by atoms with Gasteiger partial charge in [-0.1, -0.05) is 24.4 Å². The van der Waals surface area contributed by atoms with E-state index in [0.717, 1.165) is 24.0 Å². The molecule has 1 aromatic heterocycles. The fourth-order valence-electron chi connectivity index (χ4n) is 2.60. The van der Waals surface area contributed by atoms with Gasteiger partial charge >= 0.3 is 0 Å². The molecule has 3 nitrogen and oxygen atoms in total. The monoisotopic (exact) mass is 292 g/mol. The number of pyridine rings is 1. The molecule has 4 heteroatoms. The quantitative estimate of drug-likeness (QED) is 0.676. The summed E-state index contributed by atoms with van der Waals surface area (Å²) in [6.45, 7) is 0. The summed E-state index contributed by atoms with van der Waals surface area (Å²) in [7, 11) is 0. The van der Waals surface area contributed by atoms with Crippen LogP contribution in [0.1, 0.15) is 39.0 Å². The minimum absolute atomic E-state index is 0.0899. The first-order valence-corrected chi connectivity index (χ1v) is 7.07. The molecule has 0 aliphatic heterocycles. The zero-order chi connectivity index (χ0) is 14.8. The molecule has 2 aromatic rings. The molecule has 0 spiro atoms. The van der Waals surface area contributed by atoms with Gasteiger partial charge in [-0.3, -0.25) is 4.79 Å². The third-order valence-electron chi connectivity index (χ3n) is 3.64. The van der Waals surface area contributed by atoms with Crippen molar-refractivity contribution in [3.05, 3.63) is 69.0 Å². The number of aromatic nitrogens is 1. The van der Waals surface area contributed by atoms with E-state index in [1.54, 1.807) is 30.6 Å². The van der Waals surface area contributed by atoms with Crippen molar-refractivity contribution in [3.8, 4) is 6.07 Å². The SMILES string of the molecule is N#Cc1ccc(C(=O)c2c[nH]ccc2=S)c2c1C=CCC2. The van der Waals surface area contributed by atoms with Gasteiger partial charge in [-0.2, -0.15) is 5.26 Å². The Hall–Kier alpha value is -2.51. The molecule has 102 valence electrons. The van der Waals surface area contributed by atoms with Crippen molar-refractivity contribution in [3.63, 3.8) is 0 Å². The Morgan fingerprint density at radius 1 is 1.29 bits per heavy atom. The Kier molecular flexibility index (Phi) is 3.51. The highest BCUT2D eigenvalue weighted by Crippen LogP contribution is 2.27. The van der Waals surface area contributed by atoms with Gasteiger partial charge in [0.2, 0.25) is 0 Å². The van der Waals surface area contributed by atoms with Gasteiger partial charge in [0.1, 0.15) is 0 Å². The maximum Gasteiger partial charge on any atom is 0.196 e. The Labute approximate surface area is 127 Å². The molecule has 1 aliphatic rings. The molecule has 0 fully saturated rings. The van der Waals surface area contributed by atoms with Gasteiger partial charge in [-0.15, -0.1) is 0 Å². The van der Waals surface area contributed by atoms with Gasteiger partial charge in [0, 0.05) is 18.0 Å². The molecule has 0 unspecified atom stereocenters. The highest BCUT2D eigenvalue weighted by atomic mass is 32.1. The number of fused-ring (bicyclic) bond motifs is 1. The molecule has 0 saturated carbocycles. The number of ketones is 1. The number of aromatic amines is 1. The van der Waals surface area contributed by atoms with E-state index >= 15 is 0 Å². The Morgan fingerprint density at radius 3 is 2.90 bits per heavy atom. The minimum atomic E-state index is -0.0899. The highest BCUT2D eigenvalue weighted by molar-refractivity contribution is 7.71. The predicted molar refractivity (Wildman–Crippen MR) is 83.6 cm³/mol. The molecule has 3 rings (SSSR count). The average Bonchev–Trinajstić information content (AvgIpc) is 2.53. The van der Waals surface area contributed by atoms with E-state index in [1.807, 2.05) is 12.2 Å². The van der Waals surface area contributed by atoms with Crippen LogP contribution in [-0.4, -0.2) is 10.8 Å². The third-order valence-corrected chi connectivity index (χ3v) is 3.99. The van der Waals surface area contributed by atoms with E-state index in [-0.39, 0.29) is 5.78 Å². The fraction of sp³-hybridized carbons (Fsp3) is 0.118. The summed E-state index contributed by atoms with van der Waals surface area (Å²) in [5.41, 5.74) is 3.55. The lowest BCUT2D eigenvalue weighted by Gasteiger charge is -2.16. The number of carbonyl (C=O) groups is 1. The largest absolute Gasteiger partial charge is 0.367 e. The van der Waals surface area contributed by atoms with E-state index in [2.05, 4.69) is 11.1 Å². The van der Waals surface area contributed by atoms with Crippen LogP contribution in [0.25, 0.3) is 6.08 Å². The zero-order valence-electron chi connectivity index (χ0n) is 11.2. The topological polar surface area (TPSA) is 56.6 Å². The molecule has 1 aromatic carbocycles. The lowest BCUT2D eigenvalue weighted by atomic mass is 9.87. The molecule has 0 saturated heterocycles. The maximum atomic E-state index is 12.7. The lowest BCUT2D eigenvalue weighted by Crippen LogP contribution is -2.10. The molecule has 0 bridgehead atoms. The number of hydrogen-bond donors (Lipinski definition) is 1. The molecule has 0 atom stereocenters. The van der Waals surface area contributed by atoms with Crippen molar-refractivity contribution >= 4 is 24.1 Å². The summed E-state index contributed by atoms with van der Waals surface area (Å²) >= 11 is 5.22. The number of nitriles is 1. The second-order valence-corrected chi connectivity index (χ2v) is 5.30. The molecule has 0 radical (unpaired) electrons. The van der Waals surface area contributed by atoms with Crippen LogP contribution in [0.15, 0.2) is 36.7 Å². The second kappa shape index (κ2) is 5.47. The Morgan fingerprint density at radius 2 is 2.14 bits per heavy atom. The van der Waals surface area contributed by atoms with Gasteiger partial charge < -0.3 is 4.98 Å². The van der Waals surface area contributed by atoms with Crippen molar-refractivity contribution < 1.29 is 4.79 Å². The van der Waals surface area contributed by atoms with Crippen LogP contribution in [0.5, 0.6) is 0 Å². The first-order valence-electron chi connectivity index (χ1n) is 6.66. The van der Waals surface area contributed by atoms with Crippen molar-refractivity contribution in [1.29, 1.82) is 5.26 Å². The number of benzene rings is 1. The first-order chi connectivity index (χ1) is 10.2. The summed E-state index contributed by atoms with van der Waals surface area (Å²) < 4.78 is 0.531. The normalized spacial score (nSPS) is 12.5. The van der Waals surface area contributed by atoms with Crippen molar-refractivity contribution in [1.82, 2.24) is 4.98 Å². The Balaban J connectivity index is 2.19. The van der Waals surface area contributed by atoms with Crippen molar-refractivity contribution in [2.75, 3.05) is 0 Å². The number of nitrogens with one attached hydrogen (secondary N) is 1. The number of rotatable bonds is 2. The standard InChI is InChI=1S/C17H12N2OS/c18-9-11-5-6-14(13-4-2-1-3-12(11)13)17(20)15-10-19-8-7-16(15)21/h1,3,5-8,10H,2,4H2,(H,19,21). The third kappa shape index (κ3) is 2.32.